The fourth-order valence-corrected chi connectivity index (χ4v) is 1.11. The molecule has 12 heavy (non-hydrogen) atoms. The van der Waals surface area contributed by atoms with Gasteiger partial charge in [-0.15, -0.1) is 5.10 Å². The Hall–Kier alpha value is -1.17. The molecule has 1 aromatic rings. The van der Waals surface area contributed by atoms with E-state index in [4.69, 9.17) is 0 Å². The molecule has 0 atom stereocenters. The highest BCUT2D eigenvalue weighted by atomic mass is 32.1. The number of carbonyl (C=O) groups is 1. The van der Waals surface area contributed by atoms with Gasteiger partial charge in [0.25, 0.3) is 0 Å². The summed E-state index contributed by atoms with van der Waals surface area (Å²) in [4.78, 5) is 10.9. The number of hydrogen-bond acceptors (Lipinski definition) is 4. The predicted octanol–water partition coefficient (Wildman–Crippen LogP) is 0.357. The van der Waals surface area contributed by atoms with Crippen LogP contribution in [0.15, 0.2) is 5.38 Å². The van der Waals surface area contributed by atoms with Crippen LogP contribution >= 0.6 is 11.5 Å². The van der Waals surface area contributed by atoms with Crippen molar-refractivity contribution in [1.29, 1.82) is 0 Å². The Morgan fingerprint density at radius 3 is 3.08 bits per heavy atom. The van der Waals surface area contributed by atoms with E-state index < -0.39 is 0 Å². The molecule has 0 saturated heterocycles. The zero-order chi connectivity index (χ0) is 8.81. The zero-order valence-electron chi connectivity index (χ0n) is 6.70. The van der Waals surface area contributed by atoms with Gasteiger partial charge in [0.1, 0.15) is 0 Å². The van der Waals surface area contributed by atoms with Crippen molar-refractivity contribution in [3.05, 3.63) is 11.1 Å². The molecule has 0 saturated carbocycles. The molecule has 2 amide bonds. The Labute approximate surface area is 74.3 Å². The minimum Gasteiger partial charge on any atom is -0.338 e. The van der Waals surface area contributed by atoms with Gasteiger partial charge in [-0.3, -0.25) is 0 Å². The van der Waals surface area contributed by atoms with Gasteiger partial charge < -0.3 is 10.6 Å². The van der Waals surface area contributed by atoms with Crippen LogP contribution in [-0.2, 0) is 6.54 Å². The summed E-state index contributed by atoms with van der Waals surface area (Å²) in [5.41, 5.74) is 0.784. The molecule has 0 radical (unpaired) electrons. The van der Waals surface area contributed by atoms with Crippen LogP contribution in [-0.4, -0.2) is 22.2 Å². The van der Waals surface area contributed by atoms with Crippen molar-refractivity contribution in [3.63, 3.8) is 0 Å². The summed E-state index contributed by atoms with van der Waals surface area (Å²) < 4.78 is 3.67. The summed E-state index contributed by atoms with van der Waals surface area (Å²) in [6.45, 7) is 2.92. The quantitative estimate of drug-likeness (QED) is 0.716. The lowest BCUT2D eigenvalue weighted by Gasteiger charge is -2.02. The fraction of sp³-hybridized carbons (Fsp3) is 0.500. The van der Waals surface area contributed by atoms with Gasteiger partial charge in [0.15, 0.2) is 0 Å². The first-order valence-corrected chi connectivity index (χ1v) is 4.44. The lowest BCUT2D eigenvalue weighted by Crippen LogP contribution is -2.34. The predicted molar refractivity (Wildman–Crippen MR) is 45.8 cm³/mol. The topological polar surface area (TPSA) is 66.9 Å². The first-order chi connectivity index (χ1) is 5.83. The Bertz CT molecular complexity index is 236. The van der Waals surface area contributed by atoms with Crippen molar-refractivity contribution in [2.75, 3.05) is 6.54 Å². The van der Waals surface area contributed by atoms with Crippen LogP contribution in [0.5, 0.6) is 0 Å². The van der Waals surface area contributed by atoms with Gasteiger partial charge in [-0.2, -0.15) is 0 Å². The van der Waals surface area contributed by atoms with Crippen LogP contribution in [0.1, 0.15) is 12.6 Å². The number of carbonyl (C=O) groups excluding carboxylic acids is 1. The molecule has 1 heterocycles. The largest absolute Gasteiger partial charge is 0.338 e. The Balaban J connectivity index is 2.22. The lowest BCUT2D eigenvalue weighted by atomic mass is 10.5. The third-order valence-corrected chi connectivity index (χ3v) is 1.73. The minimum atomic E-state index is -0.175. The van der Waals surface area contributed by atoms with Gasteiger partial charge in [0.05, 0.1) is 12.2 Å². The highest BCUT2D eigenvalue weighted by molar-refractivity contribution is 7.03. The average molecular weight is 186 g/mol. The van der Waals surface area contributed by atoms with E-state index in [0.29, 0.717) is 13.1 Å². The first kappa shape index (κ1) is 8.92. The maximum absolute atomic E-state index is 10.9. The van der Waals surface area contributed by atoms with E-state index in [1.807, 2.05) is 6.92 Å². The van der Waals surface area contributed by atoms with Crippen molar-refractivity contribution in [2.24, 2.45) is 0 Å². The van der Waals surface area contributed by atoms with E-state index >= 15 is 0 Å². The monoisotopic (exact) mass is 186 g/mol. The molecule has 0 aliphatic carbocycles. The second-order valence-corrected chi connectivity index (χ2v) is 2.72. The second kappa shape index (κ2) is 4.66. The number of nitrogens with zero attached hydrogens (tertiary/aromatic N) is 2. The fourth-order valence-electron chi connectivity index (χ4n) is 0.655. The third kappa shape index (κ3) is 2.83. The summed E-state index contributed by atoms with van der Waals surface area (Å²) in [6, 6.07) is -0.175. The minimum absolute atomic E-state index is 0.175. The van der Waals surface area contributed by atoms with Crippen molar-refractivity contribution >= 4 is 17.6 Å². The maximum Gasteiger partial charge on any atom is 0.315 e. The van der Waals surface area contributed by atoms with Crippen molar-refractivity contribution in [1.82, 2.24) is 20.2 Å². The van der Waals surface area contributed by atoms with Gasteiger partial charge in [0.2, 0.25) is 0 Å². The molecule has 1 aromatic heterocycles. The molecule has 0 unspecified atom stereocenters. The second-order valence-electron chi connectivity index (χ2n) is 2.11. The molecule has 0 aliphatic heterocycles. The maximum atomic E-state index is 10.9. The summed E-state index contributed by atoms with van der Waals surface area (Å²) in [7, 11) is 0. The number of nitrogens with one attached hydrogen (secondary N) is 2. The zero-order valence-corrected chi connectivity index (χ0v) is 7.52. The molecular weight excluding hydrogens is 176 g/mol. The molecule has 0 bridgehead atoms. The smallest absolute Gasteiger partial charge is 0.315 e. The third-order valence-electron chi connectivity index (χ3n) is 1.17. The molecular formula is C6H10N4OS. The molecule has 0 spiro atoms. The first-order valence-electron chi connectivity index (χ1n) is 3.60. The van der Waals surface area contributed by atoms with E-state index in [1.165, 1.54) is 11.5 Å². The highest BCUT2D eigenvalue weighted by Gasteiger charge is 1.99. The van der Waals surface area contributed by atoms with E-state index in [-0.39, 0.29) is 6.03 Å². The van der Waals surface area contributed by atoms with Crippen LogP contribution in [0, 0.1) is 0 Å². The van der Waals surface area contributed by atoms with Crippen LogP contribution < -0.4 is 10.6 Å². The van der Waals surface area contributed by atoms with Gasteiger partial charge in [-0.05, 0) is 18.5 Å². The SMILES string of the molecule is CCNC(=O)NCc1csnn1. The van der Waals surface area contributed by atoms with E-state index in [2.05, 4.69) is 20.2 Å². The van der Waals surface area contributed by atoms with Crippen LogP contribution in [0.2, 0.25) is 0 Å². The standard InChI is InChI=1S/C6H10N4OS/c1-2-7-6(11)8-3-5-4-12-10-9-5/h4H,2-3H2,1H3,(H2,7,8,11). The molecule has 2 N–H and O–H groups in total. The summed E-state index contributed by atoms with van der Waals surface area (Å²) in [6.07, 6.45) is 0. The van der Waals surface area contributed by atoms with Crippen LogP contribution in [0.25, 0.3) is 0 Å². The molecule has 0 fully saturated rings. The van der Waals surface area contributed by atoms with E-state index in [1.54, 1.807) is 5.38 Å². The number of hydrogen-bond donors (Lipinski definition) is 2. The Kier molecular flexibility index (Phi) is 3.46. The van der Waals surface area contributed by atoms with Crippen molar-refractivity contribution in [2.45, 2.75) is 13.5 Å². The van der Waals surface area contributed by atoms with Gasteiger partial charge in [-0.1, -0.05) is 4.49 Å². The van der Waals surface area contributed by atoms with Gasteiger partial charge in [-0.25, -0.2) is 4.79 Å². The van der Waals surface area contributed by atoms with E-state index in [0.717, 1.165) is 5.69 Å². The molecule has 0 aromatic carbocycles. The molecule has 1 rings (SSSR count). The van der Waals surface area contributed by atoms with Crippen molar-refractivity contribution in [3.8, 4) is 0 Å². The highest BCUT2D eigenvalue weighted by Crippen LogP contribution is 1.94. The number of amides is 2. The van der Waals surface area contributed by atoms with E-state index in [9.17, 15) is 4.79 Å². The van der Waals surface area contributed by atoms with Crippen LogP contribution in [0.3, 0.4) is 0 Å². The number of urea groups is 1. The molecule has 0 aliphatic rings. The summed E-state index contributed by atoms with van der Waals surface area (Å²) >= 11 is 1.27. The van der Waals surface area contributed by atoms with Crippen LogP contribution in [0.4, 0.5) is 4.79 Å². The normalized spacial score (nSPS) is 9.42. The van der Waals surface area contributed by atoms with Gasteiger partial charge >= 0.3 is 6.03 Å². The Morgan fingerprint density at radius 1 is 1.67 bits per heavy atom. The van der Waals surface area contributed by atoms with Crippen molar-refractivity contribution < 1.29 is 4.79 Å². The summed E-state index contributed by atoms with van der Waals surface area (Å²) in [5.74, 6) is 0. The number of aromatic nitrogens is 2. The van der Waals surface area contributed by atoms with Gasteiger partial charge in [0, 0.05) is 11.9 Å². The number of rotatable bonds is 3. The Morgan fingerprint density at radius 2 is 2.50 bits per heavy atom. The molecule has 5 nitrogen and oxygen atoms in total. The average Bonchev–Trinajstić information content (AvgIpc) is 2.53. The molecule has 66 valence electrons. The lowest BCUT2D eigenvalue weighted by molar-refractivity contribution is 0.241. The summed E-state index contributed by atoms with van der Waals surface area (Å²) in [5, 5.41) is 10.8. The molecule has 6 heteroatoms.